The van der Waals surface area contributed by atoms with Crippen molar-refractivity contribution in [2.45, 2.75) is 39.6 Å². The Morgan fingerprint density at radius 1 is 0.917 bits per heavy atom. The Kier molecular flexibility index (Phi) is 10.6. The molecule has 5 rings (SSSR count). The van der Waals surface area contributed by atoms with Gasteiger partial charge < -0.3 is 21.1 Å². The average molecular weight is 644 g/mol. The van der Waals surface area contributed by atoms with E-state index in [4.69, 9.17) is 15.9 Å². The summed E-state index contributed by atoms with van der Waals surface area (Å²) < 4.78 is 6.74. The zero-order chi connectivity index (χ0) is 34.0. The normalized spacial score (nSPS) is 10.7. The molecule has 48 heavy (non-hydrogen) atoms. The fourth-order valence-corrected chi connectivity index (χ4v) is 5.04. The van der Waals surface area contributed by atoms with E-state index in [1.807, 2.05) is 86.6 Å². The molecule has 0 saturated heterocycles. The Labute approximate surface area is 278 Å². The fourth-order valence-electron chi connectivity index (χ4n) is 5.04. The minimum Gasteiger partial charge on any atom is -0.444 e. The summed E-state index contributed by atoms with van der Waals surface area (Å²) in [5.41, 5.74) is 11.3. The van der Waals surface area contributed by atoms with Crippen molar-refractivity contribution in [2.24, 2.45) is 0 Å². The predicted molar refractivity (Wildman–Crippen MR) is 189 cm³/mol. The summed E-state index contributed by atoms with van der Waals surface area (Å²) in [7, 11) is 0. The van der Waals surface area contributed by atoms with E-state index in [0.717, 1.165) is 33.5 Å². The van der Waals surface area contributed by atoms with Crippen molar-refractivity contribution in [3.05, 3.63) is 131 Å². The van der Waals surface area contributed by atoms with Crippen LogP contribution in [0.25, 0.3) is 22.4 Å². The van der Waals surface area contributed by atoms with Crippen LogP contribution in [0.4, 0.5) is 22.0 Å². The van der Waals surface area contributed by atoms with Crippen LogP contribution in [0.2, 0.25) is 0 Å². The van der Waals surface area contributed by atoms with Gasteiger partial charge >= 0.3 is 6.09 Å². The zero-order valence-corrected chi connectivity index (χ0v) is 26.7. The van der Waals surface area contributed by atoms with Gasteiger partial charge in [0.1, 0.15) is 13.2 Å². The third-order valence-electron chi connectivity index (χ3n) is 7.37. The molecule has 5 aromatic rings. The van der Waals surface area contributed by atoms with Crippen molar-refractivity contribution in [1.29, 1.82) is 5.41 Å². The van der Waals surface area contributed by atoms with E-state index in [0.29, 0.717) is 22.6 Å². The molecular weight excluding hydrogens is 606 g/mol. The van der Waals surface area contributed by atoms with E-state index in [1.165, 1.54) is 4.57 Å². The molecule has 0 aliphatic heterocycles. The number of hydrogen-bond donors (Lipinski definition) is 4. The van der Waals surface area contributed by atoms with Gasteiger partial charge in [-0.2, -0.15) is 0 Å². The number of nitrogen functional groups attached to an aromatic ring is 1. The molecule has 0 spiro atoms. The SMILES string of the molecule is CC(C)Nc1ncc(-c2cc(N)cc(-c3ccccc3)c2)n(CC(=O)NCc2ccc(N(C=N)C(=O)OCc3ccccc3)cc2)c1=O. The van der Waals surface area contributed by atoms with Gasteiger partial charge in [0.25, 0.3) is 5.56 Å². The molecule has 5 N–H and O–H groups in total. The van der Waals surface area contributed by atoms with Gasteiger partial charge in [0.2, 0.25) is 5.91 Å². The minimum atomic E-state index is -0.684. The van der Waals surface area contributed by atoms with Crippen LogP contribution in [-0.2, 0) is 29.2 Å². The summed E-state index contributed by atoms with van der Waals surface area (Å²) in [5.74, 6) is -0.246. The Balaban J connectivity index is 1.31. The lowest BCUT2D eigenvalue weighted by Crippen LogP contribution is -2.35. The lowest BCUT2D eigenvalue weighted by molar-refractivity contribution is -0.121. The molecule has 244 valence electrons. The van der Waals surface area contributed by atoms with Crippen molar-refractivity contribution in [3.8, 4) is 22.4 Å². The van der Waals surface area contributed by atoms with E-state index in [1.54, 1.807) is 36.5 Å². The maximum atomic E-state index is 13.6. The molecule has 1 heterocycles. The number of carbonyl (C=O) groups excluding carboxylic acids is 2. The van der Waals surface area contributed by atoms with Crippen LogP contribution in [0, 0.1) is 5.41 Å². The van der Waals surface area contributed by atoms with Gasteiger partial charge in [0.05, 0.1) is 23.9 Å². The predicted octanol–water partition coefficient (Wildman–Crippen LogP) is 6.05. The summed E-state index contributed by atoms with van der Waals surface area (Å²) in [6, 6.07) is 31.3. The van der Waals surface area contributed by atoms with E-state index >= 15 is 0 Å². The highest BCUT2D eigenvalue weighted by Gasteiger charge is 2.18. The lowest BCUT2D eigenvalue weighted by atomic mass is 10.0. The van der Waals surface area contributed by atoms with Crippen LogP contribution in [0.1, 0.15) is 25.0 Å². The van der Waals surface area contributed by atoms with Crippen LogP contribution in [0.15, 0.2) is 114 Å². The molecule has 11 nitrogen and oxygen atoms in total. The summed E-state index contributed by atoms with van der Waals surface area (Å²) >= 11 is 0. The Morgan fingerprint density at radius 2 is 1.58 bits per heavy atom. The molecule has 11 heteroatoms. The van der Waals surface area contributed by atoms with Gasteiger partial charge in [-0.15, -0.1) is 0 Å². The molecule has 0 unspecified atom stereocenters. The third kappa shape index (κ3) is 8.32. The van der Waals surface area contributed by atoms with Crippen LogP contribution < -0.4 is 26.8 Å². The molecule has 0 bridgehead atoms. The van der Waals surface area contributed by atoms with Gasteiger partial charge in [0.15, 0.2) is 5.82 Å². The number of amides is 2. The summed E-state index contributed by atoms with van der Waals surface area (Å²) in [4.78, 5) is 45.0. The summed E-state index contributed by atoms with van der Waals surface area (Å²) in [5, 5.41) is 13.7. The second-order valence-electron chi connectivity index (χ2n) is 11.4. The third-order valence-corrected chi connectivity index (χ3v) is 7.37. The molecule has 0 atom stereocenters. The van der Waals surface area contributed by atoms with Crippen LogP contribution in [0.3, 0.4) is 0 Å². The number of ether oxygens (including phenoxy) is 1. The van der Waals surface area contributed by atoms with Gasteiger partial charge in [-0.1, -0.05) is 72.8 Å². The van der Waals surface area contributed by atoms with Crippen molar-refractivity contribution in [2.75, 3.05) is 16.0 Å². The van der Waals surface area contributed by atoms with E-state index < -0.39 is 11.7 Å². The number of nitrogens with zero attached hydrogens (tertiary/aromatic N) is 3. The number of nitrogens with two attached hydrogens (primary N) is 1. The molecule has 0 aliphatic carbocycles. The molecule has 2 amide bonds. The molecule has 0 radical (unpaired) electrons. The maximum Gasteiger partial charge on any atom is 0.420 e. The van der Waals surface area contributed by atoms with Gasteiger partial charge in [-0.3, -0.25) is 19.6 Å². The second kappa shape index (κ2) is 15.4. The summed E-state index contributed by atoms with van der Waals surface area (Å²) in [6.45, 7) is 3.79. The minimum absolute atomic E-state index is 0.0485. The molecule has 0 saturated carbocycles. The highest BCUT2D eigenvalue weighted by Crippen LogP contribution is 2.29. The molecule has 1 aromatic heterocycles. The van der Waals surface area contributed by atoms with E-state index in [2.05, 4.69) is 15.6 Å². The monoisotopic (exact) mass is 643 g/mol. The van der Waals surface area contributed by atoms with Crippen LogP contribution in [-0.4, -0.2) is 33.9 Å². The number of hydrogen-bond acceptors (Lipinski definition) is 8. The lowest BCUT2D eigenvalue weighted by Gasteiger charge is -2.18. The molecular formula is C37H37N7O4. The van der Waals surface area contributed by atoms with Crippen molar-refractivity contribution >= 4 is 35.5 Å². The first-order valence-corrected chi connectivity index (χ1v) is 15.4. The molecule has 0 fully saturated rings. The number of benzene rings is 4. The first-order chi connectivity index (χ1) is 23.2. The largest absolute Gasteiger partial charge is 0.444 e. The first kappa shape index (κ1) is 33.1. The fraction of sp³-hybridized carbons (Fsp3) is 0.162. The topological polar surface area (TPSA) is 155 Å². The second-order valence-corrected chi connectivity index (χ2v) is 11.4. The van der Waals surface area contributed by atoms with Crippen molar-refractivity contribution in [1.82, 2.24) is 14.9 Å². The maximum absolute atomic E-state index is 13.6. The van der Waals surface area contributed by atoms with E-state index in [9.17, 15) is 14.4 Å². The number of carbonyl (C=O) groups is 2. The smallest absolute Gasteiger partial charge is 0.420 e. The molecule has 4 aromatic carbocycles. The van der Waals surface area contributed by atoms with Gasteiger partial charge in [0, 0.05) is 23.8 Å². The highest BCUT2D eigenvalue weighted by atomic mass is 16.6. The number of anilines is 3. The van der Waals surface area contributed by atoms with Crippen LogP contribution >= 0.6 is 0 Å². The number of nitrogens with one attached hydrogen (secondary N) is 3. The summed E-state index contributed by atoms with van der Waals surface area (Å²) in [6.07, 6.45) is 1.78. The van der Waals surface area contributed by atoms with Crippen molar-refractivity contribution < 1.29 is 14.3 Å². The van der Waals surface area contributed by atoms with E-state index in [-0.39, 0.29) is 37.5 Å². The number of aromatic nitrogens is 2. The Hall–Kier alpha value is -6.23. The highest BCUT2D eigenvalue weighted by molar-refractivity contribution is 6.04. The average Bonchev–Trinajstić information content (AvgIpc) is 3.09. The number of rotatable bonds is 12. The standard InChI is InChI=1S/C37H37N7O4/c1-25(2)42-35-36(46)43(33(21-41-35)30-17-29(18-31(39)19-30)28-11-7-4-8-12-28)22-34(45)40-20-26-13-15-32(16-14-26)44(24-38)37(47)48-23-27-9-5-3-6-10-27/h3-19,21,24-25,38H,20,22-23,39H2,1-2H3,(H,40,45)(H,41,42). The Bertz CT molecular complexity index is 1940. The Morgan fingerprint density at radius 3 is 2.25 bits per heavy atom. The van der Waals surface area contributed by atoms with Gasteiger partial charge in [-0.25, -0.2) is 14.7 Å². The zero-order valence-electron chi connectivity index (χ0n) is 26.7. The first-order valence-electron chi connectivity index (χ1n) is 15.4. The van der Waals surface area contributed by atoms with Gasteiger partial charge in [-0.05, 0) is 66.4 Å². The quantitative estimate of drug-likeness (QED) is 0.0733. The molecule has 0 aliphatic rings. The van der Waals surface area contributed by atoms with Crippen molar-refractivity contribution in [3.63, 3.8) is 0 Å². The van der Waals surface area contributed by atoms with Crippen LogP contribution in [0.5, 0.6) is 0 Å².